The second-order valence-corrected chi connectivity index (χ2v) is 8.25. The first kappa shape index (κ1) is 23.2. The molecule has 2 aliphatic rings. The number of halogens is 3. The fraction of sp³-hybridized carbons (Fsp3) is 0.636. The van der Waals surface area contributed by atoms with Crippen molar-refractivity contribution in [2.45, 2.75) is 57.2 Å². The Morgan fingerprint density at radius 3 is 2.42 bits per heavy atom. The van der Waals surface area contributed by atoms with Gasteiger partial charge in [0.05, 0.1) is 5.56 Å². The highest BCUT2D eigenvalue weighted by Gasteiger charge is 2.31. The van der Waals surface area contributed by atoms with Crippen molar-refractivity contribution in [3.05, 3.63) is 29.8 Å². The molecule has 1 saturated carbocycles. The predicted molar refractivity (Wildman–Crippen MR) is 113 cm³/mol. The number of carbonyl (C=O) groups excluding carboxylic acids is 2. The number of nitrogens with one attached hydrogen (secondary N) is 2. The molecule has 1 aromatic rings. The van der Waals surface area contributed by atoms with Gasteiger partial charge in [-0.15, -0.1) is 0 Å². The van der Waals surface area contributed by atoms with Crippen molar-refractivity contribution >= 4 is 17.6 Å². The fourth-order valence-corrected chi connectivity index (χ4v) is 4.18. The molecule has 3 rings (SSSR count). The number of urea groups is 1. The standard InChI is InChI=1S/C22H31F3N4O2/c23-22(24,25)17-6-4-9-19(16-17)28-12-14-29(15-13-28)20(30)10-5-11-26-21(31)27-18-7-2-1-3-8-18/h4,6,9,16,18H,1-3,5,7-8,10-15H2,(H2,26,27,31). The Hall–Kier alpha value is -2.45. The van der Waals surface area contributed by atoms with Gasteiger partial charge in [0.25, 0.3) is 0 Å². The minimum Gasteiger partial charge on any atom is -0.368 e. The Labute approximate surface area is 181 Å². The Morgan fingerprint density at radius 2 is 1.74 bits per heavy atom. The Balaban J connectivity index is 1.34. The molecule has 2 N–H and O–H groups in total. The highest BCUT2D eigenvalue weighted by molar-refractivity contribution is 5.77. The van der Waals surface area contributed by atoms with Crippen LogP contribution in [0.25, 0.3) is 0 Å². The van der Waals surface area contributed by atoms with Crippen LogP contribution in [0.1, 0.15) is 50.5 Å². The summed E-state index contributed by atoms with van der Waals surface area (Å²) in [5.41, 5.74) is -0.140. The molecule has 0 aromatic heterocycles. The molecule has 9 heteroatoms. The number of rotatable bonds is 6. The molecule has 0 unspecified atom stereocenters. The zero-order valence-corrected chi connectivity index (χ0v) is 17.7. The first-order valence-electron chi connectivity index (χ1n) is 11.1. The smallest absolute Gasteiger partial charge is 0.368 e. The molecule has 1 aliphatic heterocycles. The summed E-state index contributed by atoms with van der Waals surface area (Å²) in [5.74, 6) is 0.0122. The average Bonchev–Trinajstić information content (AvgIpc) is 2.77. The van der Waals surface area contributed by atoms with Crippen LogP contribution in [0.5, 0.6) is 0 Å². The molecular formula is C22H31F3N4O2. The molecule has 172 valence electrons. The number of anilines is 1. The zero-order valence-electron chi connectivity index (χ0n) is 17.7. The van der Waals surface area contributed by atoms with Crippen molar-refractivity contribution in [1.82, 2.24) is 15.5 Å². The van der Waals surface area contributed by atoms with Gasteiger partial charge < -0.3 is 20.4 Å². The summed E-state index contributed by atoms with van der Waals surface area (Å²) in [6.45, 7) is 2.38. The van der Waals surface area contributed by atoms with Crippen LogP contribution in [-0.4, -0.2) is 55.6 Å². The molecule has 31 heavy (non-hydrogen) atoms. The van der Waals surface area contributed by atoms with Crippen LogP contribution in [0, 0.1) is 0 Å². The van der Waals surface area contributed by atoms with Gasteiger partial charge in [0.1, 0.15) is 0 Å². The fourth-order valence-electron chi connectivity index (χ4n) is 4.18. The molecule has 3 amide bonds. The van der Waals surface area contributed by atoms with Gasteiger partial charge >= 0.3 is 12.2 Å². The van der Waals surface area contributed by atoms with Crippen LogP contribution in [-0.2, 0) is 11.0 Å². The highest BCUT2D eigenvalue weighted by Crippen LogP contribution is 2.31. The number of piperazine rings is 1. The van der Waals surface area contributed by atoms with Crippen LogP contribution >= 0.6 is 0 Å². The quantitative estimate of drug-likeness (QED) is 0.662. The number of hydrogen-bond acceptors (Lipinski definition) is 3. The normalized spacial score (nSPS) is 18.0. The molecule has 0 bridgehead atoms. The lowest BCUT2D eigenvalue weighted by atomic mass is 9.96. The molecule has 2 fully saturated rings. The maximum atomic E-state index is 12.9. The van der Waals surface area contributed by atoms with Gasteiger partial charge in [0.2, 0.25) is 5.91 Å². The summed E-state index contributed by atoms with van der Waals surface area (Å²) < 4.78 is 38.7. The minimum absolute atomic E-state index is 0.0122. The number of carbonyl (C=O) groups is 2. The molecule has 0 spiro atoms. The molecule has 6 nitrogen and oxygen atoms in total. The Kier molecular flexibility index (Phi) is 8.03. The number of alkyl halides is 3. The molecule has 1 heterocycles. The van der Waals surface area contributed by atoms with Crippen molar-refractivity contribution in [3.63, 3.8) is 0 Å². The van der Waals surface area contributed by atoms with E-state index >= 15 is 0 Å². The van der Waals surface area contributed by atoms with Crippen molar-refractivity contribution in [2.24, 2.45) is 0 Å². The maximum Gasteiger partial charge on any atom is 0.416 e. The summed E-state index contributed by atoms with van der Waals surface area (Å²) in [6, 6.07) is 5.37. The Morgan fingerprint density at radius 1 is 1.03 bits per heavy atom. The third-order valence-corrected chi connectivity index (χ3v) is 5.96. The van der Waals surface area contributed by atoms with Crippen LogP contribution in [0.15, 0.2) is 24.3 Å². The van der Waals surface area contributed by atoms with Crippen molar-refractivity contribution in [3.8, 4) is 0 Å². The number of benzene rings is 1. The largest absolute Gasteiger partial charge is 0.416 e. The molecule has 1 saturated heterocycles. The highest BCUT2D eigenvalue weighted by atomic mass is 19.4. The van der Waals surface area contributed by atoms with Gasteiger partial charge in [-0.2, -0.15) is 13.2 Å². The van der Waals surface area contributed by atoms with Crippen molar-refractivity contribution < 1.29 is 22.8 Å². The van der Waals surface area contributed by atoms with Crippen LogP contribution < -0.4 is 15.5 Å². The van der Waals surface area contributed by atoms with Crippen molar-refractivity contribution in [2.75, 3.05) is 37.6 Å². The van der Waals surface area contributed by atoms with Crippen molar-refractivity contribution in [1.29, 1.82) is 0 Å². The van der Waals surface area contributed by atoms with Gasteiger partial charge in [0.15, 0.2) is 0 Å². The monoisotopic (exact) mass is 440 g/mol. The van der Waals surface area contributed by atoms with E-state index in [1.54, 1.807) is 11.0 Å². The van der Waals surface area contributed by atoms with Gasteiger partial charge in [-0.1, -0.05) is 25.3 Å². The summed E-state index contributed by atoms with van der Waals surface area (Å²) in [5, 5.41) is 5.80. The van der Waals surface area contributed by atoms with E-state index in [1.807, 2.05) is 4.90 Å². The second-order valence-electron chi connectivity index (χ2n) is 8.25. The topological polar surface area (TPSA) is 64.7 Å². The molecule has 0 radical (unpaired) electrons. The zero-order chi connectivity index (χ0) is 22.3. The van der Waals surface area contributed by atoms with Gasteiger partial charge in [-0.3, -0.25) is 4.79 Å². The first-order chi connectivity index (χ1) is 14.8. The molecule has 0 atom stereocenters. The van der Waals surface area contributed by atoms with Crippen LogP contribution in [0.4, 0.5) is 23.7 Å². The van der Waals surface area contributed by atoms with E-state index in [2.05, 4.69) is 10.6 Å². The maximum absolute atomic E-state index is 12.9. The summed E-state index contributed by atoms with van der Waals surface area (Å²) >= 11 is 0. The van der Waals surface area contributed by atoms with E-state index in [-0.39, 0.29) is 18.0 Å². The van der Waals surface area contributed by atoms with E-state index in [0.717, 1.165) is 37.8 Å². The molecule has 1 aromatic carbocycles. The number of nitrogens with zero attached hydrogens (tertiary/aromatic N) is 2. The predicted octanol–water partition coefficient (Wildman–Crippen LogP) is 3.77. The third kappa shape index (κ3) is 7.04. The van der Waals surface area contributed by atoms with E-state index in [0.29, 0.717) is 51.3 Å². The summed E-state index contributed by atoms with van der Waals surface area (Å²) in [4.78, 5) is 28.0. The Bertz CT molecular complexity index is 743. The lowest BCUT2D eigenvalue weighted by molar-refractivity contribution is -0.137. The minimum atomic E-state index is -4.37. The average molecular weight is 441 g/mol. The molecular weight excluding hydrogens is 409 g/mol. The van der Waals surface area contributed by atoms with Gasteiger partial charge in [-0.25, -0.2) is 4.79 Å². The first-order valence-corrected chi connectivity index (χ1v) is 11.1. The number of amides is 3. The molecule has 1 aliphatic carbocycles. The summed E-state index contributed by atoms with van der Waals surface area (Å²) in [6.07, 6.45) is 2.13. The van der Waals surface area contributed by atoms with E-state index in [4.69, 9.17) is 0 Å². The lowest BCUT2D eigenvalue weighted by Gasteiger charge is -2.36. The van der Waals surface area contributed by atoms with E-state index in [1.165, 1.54) is 12.5 Å². The second kappa shape index (κ2) is 10.7. The van der Waals surface area contributed by atoms with Gasteiger partial charge in [0, 0.05) is 50.9 Å². The van der Waals surface area contributed by atoms with Crippen LogP contribution in [0.2, 0.25) is 0 Å². The van der Waals surface area contributed by atoms with E-state index < -0.39 is 11.7 Å². The van der Waals surface area contributed by atoms with Crippen LogP contribution in [0.3, 0.4) is 0 Å². The summed E-state index contributed by atoms with van der Waals surface area (Å²) in [7, 11) is 0. The van der Waals surface area contributed by atoms with E-state index in [9.17, 15) is 22.8 Å². The van der Waals surface area contributed by atoms with Gasteiger partial charge in [-0.05, 0) is 37.5 Å². The lowest BCUT2D eigenvalue weighted by Crippen LogP contribution is -2.49. The third-order valence-electron chi connectivity index (χ3n) is 5.96. The number of hydrogen-bond donors (Lipinski definition) is 2. The SMILES string of the molecule is O=C(NCCCC(=O)N1CCN(c2cccc(C(F)(F)F)c2)CC1)NC1CCCCC1.